The van der Waals surface area contributed by atoms with Crippen LogP contribution in [-0.2, 0) is 13.5 Å². The third-order valence-corrected chi connectivity index (χ3v) is 4.82. The lowest BCUT2D eigenvalue weighted by molar-refractivity contribution is 0.645. The van der Waals surface area contributed by atoms with Crippen LogP contribution in [0.25, 0.3) is 0 Å². The smallest absolute Gasteiger partial charge is 0.172 e. The molecule has 2 N–H and O–H groups in total. The van der Waals surface area contributed by atoms with Gasteiger partial charge in [0.1, 0.15) is 0 Å². The van der Waals surface area contributed by atoms with Crippen LogP contribution in [0.15, 0.2) is 45.1 Å². The summed E-state index contributed by atoms with van der Waals surface area (Å²) in [7, 11) is 2.00. The molecule has 0 spiro atoms. The molecule has 5 heteroatoms. The third-order valence-electron chi connectivity index (χ3n) is 3.02. The van der Waals surface area contributed by atoms with Crippen LogP contribution in [0, 0.1) is 0 Å². The van der Waals surface area contributed by atoms with Crippen molar-refractivity contribution in [3.05, 3.63) is 40.6 Å². The van der Waals surface area contributed by atoms with Crippen molar-refractivity contribution >= 4 is 27.7 Å². The lowest BCUT2D eigenvalue weighted by atomic mass is 10.1. The third kappa shape index (κ3) is 3.84. The van der Waals surface area contributed by atoms with Gasteiger partial charge in [-0.1, -0.05) is 40.7 Å². The summed E-state index contributed by atoms with van der Waals surface area (Å²) < 4.78 is 3.13. The molecule has 0 aliphatic heterocycles. The highest BCUT2D eigenvalue weighted by molar-refractivity contribution is 9.10. The van der Waals surface area contributed by atoms with E-state index in [-0.39, 0.29) is 6.04 Å². The topological polar surface area (TPSA) is 43.8 Å². The molecule has 0 saturated carbocycles. The Morgan fingerprint density at radius 2 is 2.26 bits per heavy atom. The maximum absolute atomic E-state index is 6.00. The number of nitrogens with zero attached hydrogens (tertiary/aromatic N) is 2. The van der Waals surface area contributed by atoms with Crippen molar-refractivity contribution < 1.29 is 0 Å². The zero-order valence-corrected chi connectivity index (χ0v) is 13.5. The molecular formula is C14H18BrN3S. The molecule has 1 unspecified atom stereocenters. The number of rotatable bonds is 5. The first-order valence-electron chi connectivity index (χ1n) is 6.29. The van der Waals surface area contributed by atoms with Crippen molar-refractivity contribution in [3.63, 3.8) is 0 Å². The van der Waals surface area contributed by atoms with Gasteiger partial charge < -0.3 is 10.3 Å². The average molecular weight is 340 g/mol. The summed E-state index contributed by atoms with van der Waals surface area (Å²) >= 11 is 5.29. The fourth-order valence-electron chi connectivity index (χ4n) is 1.74. The van der Waals surface area contributed by atoms with Crippen molar-refractivity contribution in [2.75, 3.05) is 0 Å². The molecule has 2 aromatic rings. The summed E-state index contributed by atoms with van der Waals surface area (Å²) in [6.07, 6.45) is 5.67. The van der Waals surface area contributed by atoms with Crippen LogP contribution in [0.1, 0.15) is 18.9 Å². The van der Waals surface area contributed by atoms with E-state index in [1.54, 1.807) is 11.8 Å². The second-order valence-electron chi connectivity index (χ2n) is 4.55. The Morgan fingerprint density at radius 3 is 2.84 bits per heavy atom. The summed E-state index contributed by atoms with van der Waals surface area (Å²) in [5.41, 5.74) is 7.26. The minimum atomic E-state index is 0.226. The highest BCUT2D eigenvalue weighted by atomic mass is 79.9. The molecule has 1 aromatic carbocycles. The van der Waals surface area contributed by atoms with Gasteiger partial charge in [-0.15, -0.1) is 0 Å². The standard InChI is InChI=1S/C14H18BrN3S/c1-3-11(16)8-10-4-5-12(9-13(10)15)19-14-17-6-7-18(14)2/h4-7,9,11H,3,8,16H2,1-2H3. The zero-order valence-electron chi connectivity index (χ0n) is 11.1. The molecule has 0 radical (unpaired) electrons. The second kappa shape index (κ2) is 6.59. The molecule has 0 saturated heterocycles. The Hall–Kier alpha value is -0.780. The van der Waals surface area contributed by atoms with E-state index in [1.165, 1.54) is 10.5 Å². The SMILES string of the molecule is CCC(N)Cc1ccc(Sc2nccn2C)cc1Br. The van der Waals surface area contributed by atoms with Crippen LogP contribution in [-0.4, -0.2) is 15.6 Å². The van der Waals surface area contributed by atoms with Gasteiger partial charge in [0.2, 0.25) is 0 Å². The van der Waals surface area contributed by atoms with E-state index >= 15 is 0 Å². The van der Waals surface area contributed by atoms with Crippen LogP contribution in [0.3, 0.4) is 0 Å². The second-order valence-corrected chi connectivity index (χ2v) is 6.44. The summed E-state index contributed by atoms with van der Waals surface area (Å²) in [6, 6.07) is 6.63. The number of hydrogen-bond acceptors (Lipinski definition) is 3. The number of imidazole rings is 1. The van der Waals surface area contributed by atoms with Crippen LogP contribution in [0.4, 0.5) is 0 Å². The monoisotopic (exact) mass is 339 g/mol. The van der Waals surface area contributed by atoms with Crippen molar-refractivity contribution in [2.24, 2.45) is 12.8 Å². The maximum Gasteiger partial charge on any atom is 0.172 e. The largest absolute Gasteiger partial charge is 0.329 e. The first kappa shape index (κ1) is 14.6. The number of nitrogens with two attached hydrogens (primary N) is 1. The van der Waals surface area contributed by atoms with E-state index in [0.717, 1.165) is 22.5 Å². The van der Waals surface area contributed by atoms with Crippen LogP contribution in [0.2, 0.25) is 0 Å². The molecule has 102 valence electrons. The van der Waals surface area contributed by atoms with Crippen molar-refractivity contribution in [1.29, 1.82) is 0 Å². The molecule has 1 atom stereocenters. The summed E-state index contributed by atoms with van der Waals surface area (Å²) in [5.74, 6) is 0. The Bertz CT molecular complexity index is 553. The van der Waals surface area contributed by atoms with E-state index in [0.29, 0.717) is 0 Å². The lowest BCUT2D eigenvalue weighted by Gasteiger charge is -2.11. The molecule has 0 aliphatic carbocycles. The fraction of sp³-hybridized carbons (Fsp3) is 0.357. The van der Waals surface area contributed by atoms with E-state index in [2.05, 4.69) is 46.0 Å². The normalized spacial score (nSPS) is 12.6. The zero-order chi connectivity index (χ0) is 13.8. The van der Waals surface area contributed by atoms with Gasteiger partial charge in [-0.25, -0.2) is 4.98 Å². The Balaban J connectivity index is 2.12. The van der Waals surface area contributed by atoms with Crippen molar-refractivity contribution in [2.45, 2.75) is 35.9 Å². The van der Waals surface area contributed by atoms with Gasteiger partial charge in [0, 0.05) is 34.9 Å². The van der Waals surface area contributed by atoms with Gasteiger partial charge in [-0.2, -0.15) is 0 Å². The number of halogens is 1. The highest BCUT2D eigenvalue weighted by Crippen LogP contribution is 2.30. The van der Waals surface area contributed by atoms with E-state index in [9.17, 15) is 0 Å². The average Bonchev–Trinajstić information content (AvgIpc) is 2.78. The van der Waals surface area contributed by atoms with Gasteiger partial charge in [-0.3, -0.25) is 0 Å². The molecule has 2 rings (SSSR count). The van der Waals surface area contributed by atoms with Crippen molar-refractivity contribution in [3.8, 4) is 0 Å². The predicted molar refractivity (Wildman–Crippen MR) is 83.4 cm³/mol. The molecule has 1 heterocycles. The van der Waals surface area contributed by atoms with Gasteiger partial charge in [0.05, 0.1) is 0 Å². The number of aryl methyl sites for hydroxylation is 1. The van der Waals surface area contributed by atoms with Crippen molar-refractivity contribution in [1.82, 2.24) is 9.55 Å². The summed E-state index contributed by atoms with van der Waals surface area (Å²) in [6.45, 7) is 2.11. The molecule has 0 aliphatic rings. The molecule has 1 aromatic heterocycles. The minimum Gasteiger partial charge on any atom is -0.329 e. The Labute approximate surface area is 126 Å². The lowest BCUT2D eigenvalue weighted by Crippen LogP contribution is -2.21. The minimum absolute atomic E-state index is 0.226. The quantitative estimate of drug-likeness (QED) is 0.904. The summed E-state index contributed by atoms with van der Waals surface area (Å²) in [5, 5.41) is 0.991. The van der Waals surface area contributed by atoms with Gasteiger partial charge >= 0.3 is 0 Å². The van der Waals surface area contributed by atoms with E-state index < -0.39 is 0 Å². The first-order valence-corrected chi connectivity index (χ1v) is 7.90. The number of hydrogen-bond donors (Lipinski definition) is 1. The van der Waals surface area contributed by atoms with Gasteiger partial charge in [0.15, 0.2) is 5.16 Å². The number of aromatic nitrogens is 2. The Morgan fingerprint density at radius 1 is 1.47 bits per heavy atom. The van der Waals surface area contributed by atoms with E-state index in [1.807, 2.05) is 24.0 Å². The number of benzene rings is 1. The van der Waals surface area contributed by atoms with E-state index in [4.69, 9.17) is 5.73 Å². The first-order chi connectivity index (χ1) is 9.10. The molecular weight excluding hydrogens is 322 g/mol. The molecule has 0 fully saturated rings. The fourth-order valence-corrected chi connectivity index (χ4v) is 3.27. The molecule has 19 heavy (non-hydrogen) atoms. The Kier molecular flexibility index (Phi) is 5.07. The van der Waals surface area contributed by atoms with Crippen LogP contribution >= 0.6 is 27.7 Å². The highest BCUT2D eigenvalue weighted by Gasteiger charge is 2.08. The molecule has 3 nitrogen and oxygen atoms in total. The van der Waals surface area contributed by atoms with Gasteiger partial charge in [-0.05, 0) is 30.5 Å². The van der Waals surface area contributed by atoms with Crippen LogP contribution in [0.5, 0.6) is 0 Å². The molecule has 0 amide bonds. The summed E-state index contributed by atoms with van der Waals surface area (Å²) in [4.78, 5) is 5.49. The molecule has 0 bridgehead atoms. The predicted octanol–water partition coefficient (Wildman–Crippen LogP) is 3.61. The maximum atomic E-state index is 6.00. The van der Waals surface area contributed by atoms with Gasteiger partial charge in [0.25, 0.3) is 0 Å². The van der Waals surface area contributed by atoms with Crippen LogP contribution < -0.4 is 5.73 Å².